The molecule has 0 heterocycles. The predicted molar refractivity (Wildman–Crippen MR) is 42.3 cm³/mol. The van der Waals surface area contributed by atoms with Crippen LogP contribution in [0.2, 0.25) is 0 Å². The molecule has 0 rings (SSSR count). The number of halogens is 2. The van der Waals surface area contributed by atoms with Crippen LogP contribution in [0.4, 0.5) is 8.78 Å². The molecule has 0 aromatic heterocycles. The van der Waals surface area contributed by atoms with Crippen molar-refractivity contribution in [1.29, 1.82) is 5.26 Å². The van der Waals surface area contributed by atoms with Crippen molar-refractivity contribution in [1.82, 2.24) is 4.72 Å². The lowest BCUT2D eigenvalue weighted by Gasteiger charge is -2.15. The highest BCUT2D eigenvalue weighted by Crippen LogP contribution is 2.12. The Morgan fingerprint density at radius 1 is 1.54 bits per heavy atom. The van der Waals surface area contributed by atoms with Gasteiger partial charge in [-0.1, -0.05) is 0 Å². The van der Waals surface area contributed by atoms with Gasteiger partial charge in [-0.05, 0) is 13.8 Å². The molecule has 0 unspecified atom stereocenters. The van der Waals surface area contributed by atoms with E-state index in [0.29, 0.717) is 0 Å². The van der Waals surface area contributed by atoms with Gasteiger partial charge in [0, 0.05) is 6.54 Å². The summed E-state index contributed by atoms with van der Waals surface area (Å²) < 4.78 is 46.2. The fraction of sp³-hybridized carbons (Fsp3) is 0.833. The number of nitrogens with zero attached hydrogens (tertiary/aromatic N) is 1. The second-order valence-electron chi connectivity index (χ2n) is 3.12. The first-order valence-corrected chi connectivity index (χ1v) is 4.94. The van der Waals surface area contributed by atoms with Gasteiger partial charge in [0.25, 0.3) is 10.0 Å². The molecule has 76 valence electrons. The van der Waals surface area contributed by atoms with Gasteiger partial charge in [-0.3, -0.25) is 0 Å². The zero-order valence-electron chi connectivity index (χ0n) is 7.21. The Kier molecular flexibility index (Phi) is 3.75. The van der Waals surface area contributed by atoms with Crippen LogP contribution in [0.25, 0.3) is 0 Å². The Labute approximate surface area is 75.6 Å². The Morgan fingerprint density at radius 3 is 2.31 bits per heavy atom. The first-order chi connectivity index (χ1) is 5.71. The first kappa shape index (κ1) is 12.3. The van der Waals surface area contributed by atoms with E-state index in [9.17, 15) is 17.2 Å². The van der Waals surface area contributed by atoms with E-state index in [-0.39, 0.29) is 6.54 Å². The van der Waals surface area contributed by atoms with Crippen LogP contribution in [0.15, 0.2) is 0 Å². The van der Waals surface area contributed by atoms with Gasteiger partial charge in [-0.25, -0.2) is 13.1 Å². The molecule has 0 aromatic carbocycles. The molecule has 0 atom stereocenters. The molecule has 7 heteroatoms. The quantitative estimate of drug-likeness (QED) is 0.744. The van der Waals surface area contributed by atoms with E-state index in [0.717, 1.165) is 0 Å². The summed E-state index contributed by atoms with van der Waals surface area (Å²) in [6, 6.07) is 1.78. The number of alkyl halides is 2. The van der Waals surface area contributed by atoms with Gasteiger partial charge in [0.05, 0.1) is 11.5 Å². The largest absolute Gasteiger partial charge is 0.350 e. The molecule has 0 aliphatic heterocycles. The highest BCUT2D eigenvalue weighted by atomic mass is 32.2. The van der Waals surface area contributed by atoms with Crippen LogP contribution in [0, 0.1) is 16.7 Å². The minimum absolute atomic E-state index is 0.323. The molecule has 0 saturated heterocycles. The van der Waals surface area contributed by atoms with Gasteiger partial charge >= 0.3 is 5.76 Å². The van der Waals surface area contributed by atoms with E-state index in [1.54, 1.807) is 10.8 Å². The number of hydrogen-bond acceptors (Lipinski definition) is 3. The first-order valence-electron chi connectivity index (χ1n) is 3.39. The third-order valence-corrected chi connectivity index (χ3v) is 2.27. The molecule has 0 amide bonds. The summed E-state index contributed by atoms with van der Waals surface area (Å²) in [4.78, 5) is 0. The molecule has 0 aliphatic carbocycles. The van der Waals surface area contributed by atoms with Crippen molar-refractivity contribution < 1.29 is 17.2 Å². The van der Waals surface area contributed by atoms with E-state index < -0.39 is 21.2 Å². The summed E-state index contributed by atoms with van der Waals surface area (Å²) in [7, 11) is -4.58. The second-order valence-corrected chi connectivity index (χ2v) is 4.86. The summed E-state index contributed by atoms with van der Waals surface area (Å²) >= 11 is 0. The molecule has 4 nitrogen and oxygen atoms in total. The van der Waals surface area contributed by atoms with E-state index in [1.165, 1.54) is 13.8 Å². The number of nitrogens with one attached hydrogen (secondary N) is 1. The minimum Gasteiger partial charge on any atom is -0.209 e. The van der Waals surface area contributed by atoms with Crippen LogP contribution in [0.5, 0.6) is 0 Å². The van der Waals surface area contributed by atoms with Gasteiger partial charge in [-0.15, -0.1) is 0 Å². The topological polar surface area (TPSA) is 70.0 Å². The molecule has 0 fully saturated rings. The van der Waals surface area contributed by atoms with Gasteiger partial charge in [0.1, 0.15) is 0 Å². The van der Waals surface area contributed by atoms with Crippen LogP contribution in [-0.2, 0) is 10.0 Å². The SMILES string of the molecule is CC(C)(C#N)CNS(=O)(=O)C(F)F. The lowest BCUT2D eigenvalue weighted by Crippen LogP contribution is -2.36. The summed E-state index contributed by atoms with van der Waals surface area (Å²) in [6.07, 6.45) is 0. The predicted octanol–water partition coefficient (Wildman–Crippen LogP) is 0.678. The van der Waals surface area contributed by atoms with Gasteiger partial charge in [0.2, 0.25) is 0 Å². The van der Waals surface area contributed by atoms with Gasteiger partial charge in [0.15, 0.2) is 0 Å². The zero-order valence-corrected chi connectivity index (χ0v) is 8.03. The van der Waals surface area contributed by atoms with Crippen molar-refractivity contribution in [3.63, 3.8) is 0 Å². The molecule has 0 aliphatic rings. The lowest BCUT2D eigenvalue weighted by atomic mass is 9.97. The van der Waals surface area contributed by atoms with E-state index in [4.69, 9.17) is 5.26 Å². The van der Waals surface area contributed by atoms with Crippen LogP contribution < -0.4 is 4.72 Å². The molecule has 0 aromatic rings. The van der Waals surface area contributed by atoms with Crippen LogP contribution in [0.3, 0.4) is 0 Å². The van der Waals surface area contributed by atoms with E-state index in [2.05, 4.69) is 0 Å². The second kappa shape index (κ2) is 3.98. The number of nitriles is 1. The number of rotatable bonds is 4. The zero-order chi connectivity index (χ0) is 10.7. The standard InChI is InChI=1S/C6H10F2N2O2S/c1-6(2,3-9)4-10-13(11,12)5(7)8/h5,10H,4H2,1-2H3. The summed E-state index contributed by atoms with van der Waals surface area (Å²) in [6.45, 7) is 2.57. The van der Waals surface area contributed by atoms with Crippen LogP contribution >= 0.6 is 0 Å². The minimum atomic E-state index is -4.58. The van der Waals surface area contributed by atoms with Crippen molar-refractivity contribution in [2.24, 2.45) is 5.41 Å². The van der Waals surface area contributed by atoms with Gasteiger partial charge in [-0.2, -0.15) is 14.0 Å². The van der Waals surface area contributed by atoms with E-state index in [1.807, 2.05) is 0 Å². The van der Waals surface area contributed by atoms with Crippen molar-refractivity contribution in [3.05, 3.63) is 0 Å². The third-order valence-electron chi connectivity index (χ3n) is 1.25. The maximum Gasteiger partial charge on any atom is 0.350 e. The van der Waals surface area contributed by atoms with Crippen LogP contribution in [-0.4, -0.2) is 20.7 Å². The highest BCUT2D eigenvalue weighted by molar-refractivity contribution is 7.89. The molecule has 1 N–H and O–H groups in total. The van der Waals surface area contributed by atoms with Crippen molar-refractivity contribution in [3.8, 4) is 6.07 Å². The Balaban J connectivity index is 4.29. The van der Waals surface area contributed by atoms with E-state index >= 15 is 0 Å². The lowest BCUT2D eigenvalue weighted by molar-refractivity contribution is 0.231. The van der Waals surface area contributed by atoms with Crippen LogP contribution in [0.1, 0.15) is 13.8 Å². The summed E-state index contributed by atoms with van der Waals surface area (Å²) in [5.41, 5.74) is -0.984. The van der Waals surface area contributed by atoms with Crippen molar-refractivity contribution in [2.75, 3.05) is 6.54 Å². The Hall–Kier alpha value is -0.740. The average Bonchev–Trinajstić information content (AvgIpc) is 2.01. The highest BCUT2D eigenvalue weighted by Gasteiger charge is 2.27. The molecule has 13 heavy (non-hydrogen) atoms. The molecular weight excluding hydrogens is 202 g/mol. The molecule has 0 bridgehead atoms. The number of sulfonamides is 1. The summed E-state index contributed by atoms with van der Waals surface area (Å²) in [5.74, 6) is -3.46. The summed E-state index contributed by atoms with van der Waals surface area (Å²) in [5, 5.41) is 8.46. The van der Waals surface area contributed by atoms with Crippen molar-refractivity contribution >= 4 is 10.0 Å². The monoisotopic (exact) mass is 212 g/mol. The maximum absolute atomic E-state index is 11.8. The average molecular weight is 212 g/mol. The maximum atomic E-state index is 11.8. The molecule has 0 spiro atoms. The molecular formula is C6H10F2N2O2S. The number of hydrogen-bond donors (Lipinski definition) is 1. The smallest absolute Gasteiger partial charge is 0.209 e. The fourth-order valence-electron chi connectivity index (χ4n) is 0.384. The Bertz CT molecular complexity index is 305. The Morgan fingerprint density at radius 2 is 2.00 bits per heavy atom. The van der Waals surface area contributed by atoms with Crippen molar-refractivity contribution in [2.45, 2.75) is 19.6 Å². The normalized spacial score (nSPS) is 12.9. The molecule has 0 radical (unpaired) electrons. The molecule has 0 saturated carbocycles. The van der Waals surface area contributed by atoms with Gasteiger partial charge < -0.3 is 0 Å². The fourth-order valence-corrected chi connectivity index (χ4v) is 1.07. The third kappa shape index (κ3) is 4.15.